The molecule has 2 aromatic carbocycles. The fourth-order valence-corrected chi connectivity index (χ4v) is 2.51. The number of hydrogen-bond acceptors (Lipinski definition) is 1. The van der Waals surface area contributed by atoms with E-state index in [1.54, 1.807) is 0 Å². The quantitative estimate of drug-likeness (QED) is 0.721. The maximum Gasteiger partial charge on any atom is 0.170 e. The molecule has 0 unspecified atom stereocenters. The average Bonchev–Trinajstić information content (AvgIpc) is 2.69. The molecule has 0 radical (unpaired) electrons. The average molecular weight is 222 g/mol. The summed E-state index contributed by atoms with van der Waals surface area (Å²) in [6.45, 7) is 2.06. The van der Waals surface area contributed by atoms with E-state index in [0.29, 0.717) is 0 Å². The van der Waals surface area contributed by atoms with Crippen LogP contribution in [0, 0.1) is 6.92 Å². The van der Waals surface area contributed by atoms with Crippen LogP contribution in [0.25, 0.3) is 0 Å². The normalized spacial score (nSPS) is 18.2. The lowest BCUT2D eigenvalue weighted by Gasteiger charge is -2.08. The van der Waals surface area contributed by atoms with E-state index in [4.69, 9.17) is 0 Å². The Bertz CT molecular complexity index is 566. The van der Waals surface area contributed by atoms with Gasteiger partial charge < -0.3 is 0 Å². The molecule has 1 aliphatic carbocycles. The number of carbonyl (C=O) groups excluding carboxylic acids is 1. The molecule has 1 atom stereocenters. The molecular weight excluding hydrogens is 208 g/mol. The van der Waals surface area contributed by atoms with Crippen LogP contribution in [0.2, 0.25) is 0 Å². The zero-order chi connectivity index (χ0) is 11.8. The molecule has 2 aromatic rings. The molecule has 1 aliphatic rings. The molecule has 0 amide bonds. The van der Waals surface area contributed by atoms with E-state index in [9.17, 15) is 4.79 Å². The predicted molar refractivity (Wildman–Crippen MR) is 68.4 cm³/mol. The van der Waals surface area contributed by atoms with Gasteiger partial charge in [-0.3, -0.25) is 4.79 Å². The fourth-order valence-electron chi connectivity index (χ4n) is 2.51. The molecule has 1 nitrogen and oxygen atoms in total. The minimum Gasteiger partial charge on any atom is -0.293 e. The van der Waals surface area contributed by atoms with Crippen LogP contribution < -0.4 is 0 Å². The number of ketones is 1. The van der Waals surface area contributed by atoms with Gasteiger partial charge in [0.15, 0.2) is 5.78 Å². The summed E-state index contributed by atoms with van der Waals surface area (Å²) in [6.07, 6.45) is 0.845. The Hall–Kier alpha value is -1.89. The highest BCUT2D eigenvalue weighted by atomic mass is 16.1. The second-order valence-corrected chi connectivity index (χ2v) is 4.69. The van der Waals surface area contributed by atoms with Gasteiger partial charge in [-0.1, -0.05) is 54.1 Å². The van der Waals surface area contributed by atoms with E-state index in [-0.39, 0.29) is 11.7 Å². The molecule has 84 valence electrons. The Morgan fingerprint density at radius 1 is 1.00 bits per heavy atom. The zero-order valence-corrected chi connectivity index (χ0v) is 9.81. The second kappa shape index (κ2) is 3.85. The molecule has 0 spiro atoms. The predicted octanol–water partition coefficient (Wildman–Crippen LogP) is 3.52. The molecule has 1 heteroatoms. The van der Waals surface area contributed by atoms with E-state index >= 15 is 0 Å². The van der Waals surface area contributed by atoms with Crippen molar-refractivity contribution in [2.45, 2.75) is 19.3 Å². The van der Waals surface area contributed by atoms with Crippen molar-refractivity contribution in [3.05, 3.63) is 70.8 Å². The zero-order valence-electron chi connectivity index (χ0n) is 9.81. The van der Waals surface area contributed by atoms with Crippen LogP contribution in [-0.2, 0) is 6.42 Å². The summed E-state index contributed by atoms with van der Waals surface area (Å²) in [4.78, 5) is 12.3. The molecule has 0 heterocycles. The number of carbonyl (C=O) groups is 1. The maximum absolute atomic E-state index is 12.3. The van der Waals surface area contributed by atoms with Crippen LogP contribution >= 0.6 is 0 Å². The topological polar surface area (TPSA) is 17.1 Å². The standard InChI is InChI=1S/C16H14O/c1-11-6-8-12(9-7-11)15-10-13-4-2-3-5-14(13)16(15)17/h2-9,15H,10H2,1H3/t15-/m0/s1. The SMILES string of the molecule is Cc1ccc([C@@H]2Cc3ccccc3C2=O)cc1. The number of benzene rings is 2. The van der Waals surface area contributed by atoms with Gasteiger partial charge in [0.05, 0.1) is 5.92 Å². The van der Waals surface area contributed by atoms with Gasteiger partial charge >= 0.3 is 0 Å². The molecule has 0 saturated carbocycles. The van der Waals surface area contributed by atoms with Crippen molar-refractivity contribution in [2.24, 2.45) is 0 Å². The van der Waals surface area contributed by atoms with Gasteiger partial charge in [0.2, 0.25) is 0 Å². The van der Waals surface area contributed by atoms with Gasteiger partial charge in [0, 0.05) is 5.56 Å². The Morgan fingerprint density at radius 2 is 1.71 bits per heavy atom. The summed E-state index contributed by atoms with van der Waals surface area (Å²) in [5.41, 5.74) is 4.45. The van der Waals surface area contributed by atoms with Crippen LogP contribution in [0.4, 0.5) is 0 Å². The smallest absolute Gasteiger partial charge is 0.170 e. The first-order valence-electron chi connectivity index (χ1n) is 5.94. The summed E-state index contributed by atoms with van der Waals surface area (Å²) in [5, 5.41) is 0. The number of fused-ring (bicyclic) bond motifs is 1. The van der Waals surface area contributed by atoms with E-state index in [0.717, 1.165) is 17.5 Å². The Balaban J connectivity index is 1.99. The Morgan fingerprint density at radius 3 is 2.41 bits per heavy atom. The van der Waals surface area contributed by atoms with Crippen molar-refractivity contribution >= 4 is 5.78 Å². The summed E-state index contributed by atoms with van der Waals surface area (Å²) in [5.74, 6) is 0.289. The molecule has 0 N–H and O–H groups in total. The second-order valence-electron chi connectivity index (χ2n) is 4.69. The third-order valence-electron chi connectivity index (χ3n) is 3.50. The van der Waals surface area contributed by atoms with E-state index in [1.165, 1.54) is 11.1 Å². The van der Waals surface area contributed by atoms with Crippen molar-refractivity contribution in [2.75, 3.05) is 0 Å². The monoisotopic (exact) mass is 222 g/mol. The van der Waals surface area contributed by atoms with Crippen LogP contribution in [0.15, 0.2) is 48.5 Å². The molecule has 0 fully saturated rings. The third-order valence-corrected chi connectivity index (χ3v) is 3.50. The summed E-state index contributed by atoms with van der Waals surface area (Å²) < 4.78 is 0. The van der Waals surface area contributed by atoms with Gasteiger partial charge in [-0.25, -0.2) is 0 Å². The van der Waals surface area contributed by atoms with Crippen molar-refractivity contribution in [3.8, 4) is 0 Å². The highest BCUT2D eigenvalue weighted by molar-refractivity contribution is 6.05. The molecule has 0 aliphatic heterocycles. The van der Waals surface area contributed by atoms with E-state index in [2.05, 4.69) is 37.3 Å². The van der Waals surface area contributed by atoms with Gasteiger partial charge in [0.25, 0.3) is 0 Å². The highest BCUT2D eigenvalue weighted by Gasteiger charge is 2.30. The van der Waals surface area contributed by atoms with Crippen molar-refractivity contribution in [1.29, 1.82) is 0 Å². The first-order chi connectivity index (χ1) is 8.25. The minimum atomic E-state index is 0.0213. The lowest BCUT2D eigenvalue weighted by Crippen LogP contribution is -2.06. The first kappa shape index (κ1) is 10.3. The fraction of sp³-hybridized carbons (Fsp3) is 0.188. The van der Waals surface area contributed by atoms with Crippen LogP contribution in [0.5, 0.6) is 0 Å². The number of hydrogen-bond donors (Lipinski definition) is 0. The molecule has 0 aromatic heterocycles. The van der Waals surface area contributed by atoms with Crippen LogP contribution in [0.1, 0.15) is 33.0 Å². The largest absolute Gasteiger partial charge is 0.293 e. The minimum absolute atomic E-state index is 0.0213. The first-order valence-corrected chi connectivity index (χ1v) is 5.94. The van der Waals surface area contributed by atoms with Crippen LogP contribution in [0.3, 0.4) is 0 Å². The van der Waals surface area contributed by atoms with Crippen LogP contribution in [-0.4, -0.2) is 5.78 Å². The molecule has 0 saturated heterocycles. The van der Waals surface area contributed by atoms with E-state index < -0.39 is 0 Å². The lowest BCUT2D eigenvalue weighted by atomic mass is 9.94. The summed E-state index contributed by atoms with van der Waals surface area (Å²) in [6, 6.07) is 16.2. The van der Waals surface area contributed by atoms with Gasteiger partial charge in [-0.15, -0.1) is 0 Å². The maximum atomic E-state index is 12.3. The molecule has 0 bridgehead atoms. The summed E-state index contributed by atoms with van der Waals surface area (Å²) in [7, 11) is 0. The molecular formula is C16H14O. The number of Topliss-reactive ketones (excluding diaryl/α,β-unsaturated/α-hetero) is 1. The number of rotatable bonds is 1. The van der Waals surface area contributed by atoms with E-state index in [1.807, 2.05) is 18.2 Å². The van der Waals surface area contributed by atoms with Crippen molar-refractivity contribution in [3.63, 3.8) is 0 Å². The third kappa shape index (κ3) is 1.68. The van der Waals surface area contributed by atoms with Gasteiger partial charge in [0.1, 0.15) is 0 Å². The number of aryl methyl sites for hydroxylation is 1. The summed E-state index contributed by atoms with van der Waals surface area (Å²) >= 11 is 0. The van der Waals surface area contributed by atoms with Gasteiger partial charge in [-0.05, 0) is 24.5 Å². The Labute approximate surface area is 101 Å². The lowest BCUT2D eigenvalue weighted by molar-refractivity contribution is 0.0973. The van der Waals surface area contributed by atoms with Crippen molar-refractivity contribution in [1.82, 2.24) is 0 Å². The van der Waals surface area contributed by atoms with Gasteiger partial charge in [-0.2, -0.15) is 0 Å². The molecule has 17 heavy (non-hydrogen) atoms. The molecule has 3 rings (SSSR count). The Kier molecular flexibility index (Phi) is 2.32. The highest BCUT2D eigenvalue weighted by Crippen LogP contribution is 2.33. The van der Waals surface area contributed by atoms with Crippen molar-refractivity contribution < 1.29 is 4.79 Å².